The Labute approximate surface area is 343 Å². The van der Waals surface area contributed by atoms with Gasteiger partial charge in [-0.25, -0.2) is 19.9 Å². The third-order valence-corrected chi connectivity index (χ3v) is 11.9. The van der Waals surface area contributed by atoms with Crippen molar-refractivity contribution in [2.75, 3.05) is 0 Å². The minimum Gasteiger partial charge on any atom is -0.247 e. The second-order valence-electron chi connectivity index (χ2n) is 15.8. The Kier molecular flexibility index (Phi) is 8.12. The Balaban J connectivity index is 1.05. The van der Waals surface area contributed by atoms with E-state index in [2.05, 4.69) is 184 Å². The number of rotatable bonds is 6. The quantitative estimate of drug-likeness (QED) is 0.159. The SMILES string of the molecule is CC1(C)c2ccccc2-c2ccc(-c3ccc(-c4nc(-c5ccccc5)nc(-c5ccc6nc(-c7ccccc7)c7cccc(-c8ccccc8)c7c6c5)n4)cc3)cc21. The zero-order chi connectivity index (χ0) is 39.5. The summed E-state index contributed by atoms with van der Waals surface area (Å²) in [6.45, 7) is 4.65. The number of benzene rings is 8. The summed E-state index contributed by atoms with van der Waals surface area (Å²) >= 11 is 0. The van der Waals surface area contributed by atoms with Crippen molar-refractivity contribution in [3.05, 3.63) is 205 Å². The summed E-state index contributed by atoms with van der Waals surface area (Å²) in [6, 6.07) is 68.4. The van der Waals surface area contributed by atoms with Crippen molar-refractivity contribution in [1.29, 1.82) is 0 Å². The topological polar surface area (TPSA) is 51.6 Å². The standard InChI is InChI=1S/C55H38N4/c1-55(2)47-24-13-12-21-43(47)44-31-29-40(34-48(44)55)35-25-27-39(28-26-35)53-57-52(38-19-10-5-11-20-38)58-54(59-53)41-30-32-49-46(33-41)50-42(36-15-6-3-7-16-36)22-14-23-45(50)51(56-49)37-17-8-4-9-18-37/h3-34H,1-2H3. The summed E-state index contributed by atoms with van der Waals surface area (Å²) in [5.41, 5.74) is 15.7. The molecule has 0 unspecified atom stereocenters. The van der Waals surface area contributed by atoms with Crippen LogP contribution in [0.3, 0.4) is 0 Å². The van der Waals surface area contributed by atoms with Crippen LogP contribution in [0.1, 0.15) is 25.0 Å². The largest absolute Gasteiger partial charge is 0.247 e. The lowest BCUT2D eigenvalue weighted by Crippen LogP contribution is -2.14. The van der Waals surface area contributed by atoms with Crippen molar-refractivity contribution in [2.24, 2.45) is 0 Å². The first-order valence-electron chi connectivity index (χ1n) is 20.1. The van der Waals surface area contributed by atoms with E-state index in [1.165, 1.54) is 27.8 Å². The van der Waals surface area contributed by atoms with Gasteiger partial charge in [0.15, 0.2) is 17.5 Å². The molecule has 0 aliphatic heterocycles. The molecule has 0 atom stereocenters. The van der Waals surface area contributed by atoms with Gasteiger partial charge in [-0.15, -0.1) is 0 Å². The van der Waals surface area contributed by atoms with Crippen LogP contribution in [0.5, 0.6) is 0 Å². The normalized spacial score (nSPS) is 12.7. The maximum atomic E-state index is 5.29. The van der Waals surface area contributed by atoms with E-state index in [-0.39, 0.29) is 5.41 Å². The van der Waals surface area contributed by atoms with Gasteiger partial charge >= 0.3 is 0 Å². The van der Waals surface area contributed by atoms with Gasteiger partial charge in [0, 0.05) is 43.8 Å². The molecule has 2 aromatic heterocycles. The Bertz CT molecular complexity index is 3210. The zero-order valence-electron chi connectivity index (χ0n) is 32.8. The predicted molar refractivity (Wildman–Crippen MR) is 243 cm³/mol. The molecule has 0 radical (unpaired) electrons. The van der Waals surface area contributed by atoms with E-state index < -0.39 is 0 Å². The molecular formula is C55H38N4. The highest BCUT2D eigenvalue weighted by atomic mass is 15.0. The molecule has 0 bridgehead atoms. The minimum absolute atomic E-state index is 0.0601. The van der Waals surface area contributed by atoms with Crippen LogP contribution in [0.4, 0.5) is 0 Å². The fourth-order valence-corrected chi connectivity index (χ4v) is 8.91. The van der Waals surface area contributed by atoms with E-state index in [0.717, 1.165) is 66.3 Å². The first-order valence-corrected chi connectivity index (χ1v) is 20.1. The second-order valence-corrected chi connectivity index (χ2v) is 15.8. The van der Waals surface area contributed by atoms with E-state index in [4.69, 9.17) is 19.9 Å². The summed E-state index contributed by atoms with van der Waals surface area (Å²) in [4.78, 5) is 20.7. The number of hydrogen-bond acceptors (Lipinski definition) is 4. The average Bonchev–Trinajstić information content (AvgIpc) is 3.54. The van der Waals surface area contributed by atoms with Crippen LogP contribution in [0.2, 0.25) is 0 Å². The van der Waals surface area contributed by atoms with Crippen LogP contribution in [0, 0.1) is 0 Å². The molecule has 4 heteroatoms. The summed E-state index contributed by atoms with van der Waals surface area (Å²) in [5, 5.41) is 3.29. The molecule has 0 fully saturated rings. The number of hydrogen-bond donors (Lipinski definition) is 0. The van der Waals surface area contributed by atoms with Gasteiger partial charge in [0.25, 0.3) is 0 Å². The molecule has 0 saturated heterocycles. The van der Waals surface area contributed by atoms with Crippen molar-refractivity contribution >= 4 is 21.7 Å². The highest BCUT2D eigenvalue weighted by Gasteiger charge is 2.35. The number of fused-ring (bicyclic) bond motifs is 6. The smallest absolute Gasteiger partial charge is 0.164 e. The van der Waals surface area contributed by atoms with E-state index >= 15 is 0 Å². The van der Waals surface area contributed by atoms with Crippen LogP contribution in [-0.2, 0) is 5.41 Å². The van der Waals surface area contributed by atoms with E-state index in [1.54, 1.807) is 0 Å². The van der Waals surface area contributed by atoms with Crippen LogP contribution >= 0.6 is 0 Å². The zero-order valence-corrected chi connectivity index (χ0v) is 32.8. The monoisotopic (exact) mass is 754 g/mol. The number of aromatic nitrogens is 4. The molecule has 1 aliphatic carbocycles. The predicted octanol–water partition coefficient (Wildman–Crippen LogP) is 13.9. The molecule has 59 heavy (non-hydrogen) atoms. The minimum atomic E-state index is -0.0601. The maximum Gasteiger partial charge on any atom is 0.164 e. The Morgan fingerprint density at radius 2 is 0.847 bits per heavy atom. The van der Waals surface area contributed by atoms with Crippen molar-refractivity contribution in [1.82, 2.24) is 19.9 Å². The van der Waals surface area contributed by atoms with Gasteiger partial charge in [0.1, 0.15) is 0 Å². The molecule has 10 aromatic rings. The first kappa shape index (κ1) is 34.7. The maximum absolute atomic E-state index is 5.29. The molecule has 11 rings (SSSR count). The van der Waals surface area contributed by atoms with Gasteiger partial charge in [-0.1, -0.05) is 184 Å². The van der Waals surface area contributed by atoms with Gasteiger partial charge in [0.05, 0.1) is 11.2 Å². The van der Waals surface area contributed by atoms with Crippen LogP contribution in [0.25, 0.3) is 100 Å². The molecule has 4 nitrogen and oxygen atoms in total. The highest BCUT2D eigenvalue weighted by molar-refractivity contribution is 6.17. The summed E-state index contributed by atoms with van der Waals surface area (Å²) < 4.78 is 0. The van der Waals surface area contributed by atoms with E-state index in [1.807, 2.05) is 24.3 Å². The first-order chi connectivity index (χ1) is 29.0. The second kappa shape index (κ2) is 13.8. The summed E-state index contributed by atoms with van der Waals surface area (Å²) in [6.07, 6.45) is 0. The highest BCUT2D eigenvalue weighted by Crippen LogP contribution is 2.49. The van der Waals surface area contributed by atoms with E-state index in [0.29, 0.717) is 17.5 Å². The molecule has 2 heterocycles. The van der Waals surface area contributed by atoms with Gasteiger partial charge < -0.3 is 0 Å². The number of nitrogens with zero attached hydrogens (tertiary/aromatic N) is 4. The van der Waals surface area contributed by atoms with Crippen molar-refractivity contribution < 1.29 is 0 Å². The van der Waals surface area contributed by atoms with Gasteiger partial charge in [-0.05, 0) is 68.8 Å². The van der Waals surface area contributed by atoms with E-state index in [9.17, 15) is 0 Å². The molecule has 0 amide bonds. The lowest BCUT2D eigenvalue weighted by molar-refractivity contribution is 0.660. The van der Waals surface area contributed by atoms with Crippen molar-refractivity contribution in [3.8, 4) is 78.8 Å². The number of pyridine rings is 1. The molecule has 0 spiro atoms. The summed E-state index contributed by atoms with van der Waals surface area (Å²) in [5.74, 6) is 1.86. The van der Waals surface area contributed by atoms with Gasteiger partial charge in [-0.3, -0.25) is 0 Å². The Hall–Kier alpha value is -7.56. The van der Waals surface area contributed by atoms with Crippen molar-refractivity contribution in [2.45, 2.75) is 19.3 Å². The molecular weight excluding hydrogens is 717 g/mol. The fourth-order valence-electron chi connectivity index (χ4n) is 8.91. The Morgan fingerprint density at radius 3 is 1.56 bits per heavy atom. The molecule has 0 saturated carbocycles. The third-order valence-electron chi connectivity index (χ3n) is 11.9. The molecule has 0 N–H and O–H groups in total. The lowest BCUT2D eigenvalue weighted by Gasteiger charge is -2.22. The van der Waals surface area contributed by atoms with Crippen LogP contribution < -0.4 is 0 Å². The summed E-state index contributed by atoms with van der Waals surface area (Å²) in [7, 11) is 0. The molecule has 1 aliphatic rings. The third kappa shape index (κ3) is 5.92. The Morgan fingerprint density at radius 1 is 0.322 bits per heavy atom. The molecule has 278 valence electrons. The lowest BCUT2D eigenvalue weighted by atomic mass is 9.81. The van der Waals surface area contributed by atoms with Gasteiger partial charge in [0.2, 0.25) is 0 Å². The fraction of sp³-hybridized carbons (Fsp3) is 0.0545. The van der Waals surface area contributed by atoms with Gasteiger partial charge in [-0.2, -0.15) is 0 Å². The average molecular weight is 755 g/mol. The van der Waals surface area contributed by atoms with Crippen LogP contribution in [0.15, 0.2) is 194 Å². The molecule has 8 aromatic carbocycles. The van der Waals surface area contributed by atoms with Crippen LogP contribution in [-0.4, -0.2) is 19.9 Å². The van der Waals surface area contributed by atoms with Crippen molar-refractivity contribution in [3.63, 3.8) is 0 Å².